The van der Waals surface area contributed by atoms with Crippen LogP contribution in [0.15, 0.2) is 60.8 Å². The molecule has 4 rings (SSSR count). The van der Waals surface area contributed by atoms with E-state index in [0.29, 0.717) is 5.78 Å². The average molecular weight is 329 g/mol. The largest absolute Gasteiger partial charge is 0.497 e. The summed E-state index contributed by atoms with van der Waals surface area (Å²) in [5.74, 6) is 1.54. The number of benzene rings is 2. The Morgan fingerprint density at radius 3 is 2.16 bits per heavy atom. The van der Waals surface area contributed by atoms with Gasteiger partial charge in [0.25, 0.3) is 0 Å². The summed E-state index contributed by atoms with van der Waals surface area (Å²) < 4.78 is 7.32. The Labute approximate surface area is 146 Å². The number of methoxy groups -OCH3 is 1. The van der Waals surface area contributed by atoms with Crippen molar-refractivity contribution in [3.8, 4) is 28.3 Å². The van der Waals surface area contributed by atoms with Gasteiger partial charge >= 0.3 is 0 Å². The Balaban J connectivity index is 1.98. The molecule has 0 unspecified atom stereocenters. The first-order chi connectivity index (χ1) is 12.2. The maximum absolute atomic E-state index is 5.27. The van der Waals surface area contributed by atoms with Gasteiger partial charge in [-0.3, -0.25) is 4.40 Å². The van der Waals surface area contributed by atoms with Crippen LogP contribution in [-0.2, 0) is 0 Å². The van der Waals surface area contributed by atoms with E-state index in [1.165, 1.54) is 5.56 Å². The lowest BCUT2D eigenvalue weighted by Gasteiger charge is -2.07. The fourth-order valence-electron chi connectivity index (χ4n) is 2.96. The van der Waals surface area contributed by atoms with Gasteiger partial charge in [0.05, 0.1) is 18.5 Å². The highest BCUT2D eigenvalue weighted by Crippen LogP contribution is 2.33. The van der Waals surface area contributed by atoms with Crippen LogP contribution in [-0.4, -0.2) is 21.5 Å². The van der Waals surface area contributed by atoms with E-state index in [1.807, 2.05) is 43.5 Å². The third-order valence-corrected chi connectivity index (χ3v) is 4.32. The molecule has 2 aromatic heterocycles. The molecule has 0 spiro atoms. The van der Waals surface area contributed by atoms with Gasteiger partial charge in [0, 0.05) is 23.0 Å². The monoisotopic (exact) mass is 329 g/mol. The molecule has 0 saturated carbocycles. The molecule has 4 aromatic rings. The minimum Gasteiger partial charge on any atom is -0.497 e. The van der Waals surface area contributed by atoms with Crippen molar-refractivity contribution < 1.29 is 4.74 Å². The molecule has 0 radical (unpaired) electrons. The van der Waals surface area contributed by atoms with E-state index in [1.54, 1.807) is 7.11 Å². The second-order valence-electron chi connectivity index (χ2n) is 6.14. The molecule has 25 heavy (non-hydrogen) atoms. The summed E-state index contributed by atoms with van der Waals surface area (Å²) in [4.78, 5) is 9.40. The van der Waals surface area contributed by atoms with E-state index in [-0.39, 0.29) is 0 Å². The topological polar surface area (TPSA) is 39.4 Å². The van der Waals surface area contributed by atoms with Crippen LogP contribution in [0, 0.1) is 13.8 Å². The number of nitrogens with zero attached hydrogens (tertiary/aromatic N) is 3. The van der Waals surface area contributed by atoms with E-state index in [2.05, 4.69) is 40.6 Å². The van der Waals surface area contributed by atoms with E-state index in [0.717, 1.165) is 34.0 Å². The van der Waals surface area contributed by atoms with Crippen LogP contribution in [0.5, 0.6) is 5.75 Å². The predicted octanol–water partition coefficient (Wildman–Crippen LogP) is 4.69. The first kappa shape index (κ1) is 15.4. The van der Waals surface area contributed by atoms with E-state index < -0.39 is 0 Å². The molecule has 0 aliphatic rings. The predicted molar refractivity (Wildman–Crippen MR) is 99.9 cm³/mol. The standard InChI is InChI=1S/C21H19N3O/c1-14-4-6-17(7-5-14)20-19(16-8-10-18(25-3)11-9-16)23-21-22-15(2)12-13-24(20)21/h4-13H,1-3H3. The highest BCUT2D eigenvalue weighted by Gasteiger charge is 2.16. The molecule has 2 aromatic carbocycles. The van der Waals surface area contributed by atoms with Gasteiger partial charge in [-0.15, -0.1) is 0 Å². The lowest BCUT2D eigenvalue weighted by atomic mass is 10.0. The van der Waals surface area contributed by atoms with Crippen LogP contribution < -0.4 is 4.74 Å². The van der Waals surface area contributed by atoms with Gasteiger partial charge < -0.3 is 4.74 Å². The summed E-state index contributed by atoms with van der Waals surface area (Å²) in [5, 5.41) is 0. The van der Waals surface area contributed by atoms with Crippen LogP contribution >= 0.6 is 0 Å². The highest BCUT2D eigenvalue weighted by atomic mass is 16.5. The number of imidazole rings is 1. The second kappa shape index (κ2) is 6.06. The Kier molecular flexibility index (Phi) is 3.73. The Morgan fingerprint density at radius 2 is 1.48 bits per heavy atom. The summed E-state index contributed by atoms with van der Waals surface area (Å²) in [6.07, 6.45) is 2.03. The van der Waals surface area contributed by atoms with E-state index in [4.69, 9.17) is 9.72 Å². The number of ether oxygens (including phenoxy) is 1. The normalized spacial score (nSPS) is 11.0. The van der Waals surface area contributed by atoms with Crippen LogP contribution in [0.25, 0.3) is 28.3 Å². The molecule has 0 aliphatic carbocycles. The number of aromatic nitrogens is 3. The van der Waals surface area contributed by atoms with Crippen molar-refractivity contribution >= 4 is 5.78 Å². The number of hydrogen-bond acceptors (Lipinski definition) is 3. The zero-order chi connectivity index (χ0) is 17.4. The van der Waals surface area contributed by atoms with Gasteiger partial charge in [0.1, 0.15) is 5.75 Å². The lowest BCUT2D eigenvalue weighted by molar-refractivity contribution is 0.415. The Bertz CT molecular complexity index is 1030. The molecule has 0 atom stereocenters. The zero-order valence-electron chi connectivity index (χ0n) is 14.5. The molecule has 0 N–H and O–H groups in total. The van der Waals surface area contributed by atoms with Crippen LogP contribution in [0.1, 0.15) is 11.3 Å². The fraction of sp³-hybridized carbons (Fsp3) is 0.143. The minimum absolute atomic E-state index is 0.710. The van der Waals surface area contributed by atoms with Crippen LogP contribution in [0.3, 0.4) is 0 Å². The molecule has 0 saturated heterocycles. The van der Waals surface area contributed by atoms with Crippen molar-refractivity contribution in [1.82, 2.24) is 14.4 Å². The Hall–Kier alpha value is -3.14. The maximum Gasteiger partial charge on any atom is 0.235 e. The van der Waals surface area contributed by atoms with Crippen molar-refractivity contribution in [2.75, 3.05) is 7.11 Å². The minimum atomic E-state index is 0.710. The van der Waals surface area contributed by atoms with Gasteiger partial charge in [0.15, 0.2) is 0 Å². The van der Waals surface area contributed by atoms with Crippen molar-refractivity contribution in [1.29, 1.82) is 0 Å². The average Bonchev–Trinajstić information content (AvgIpc) is 3.01. The second-order valence-corrected chi connectivity index (χ2v) is 6.14. The van der Waals surface area contributed by atoms with Gasteiger partial charge in [-0.1, -0.05) is 29.8 Å². The van der Waals surface area contributed by atoms with Gasteiger partial charge in [-0.2, -0.15) is 0 Å². The summed E-state index contributed by atoms with van der Waals surface area (Å²) in [5.41, 5.74) is 6.32. The quantitative estimate of drug-likeness (QED) is 0.547. The first-order valence-corrected chi connectivity index (χ1v) is 8.23. The molecular formula is C21H19N3O. The van der Waals surface area contributed by atoms with Gasteiger partial charge in [-0.25, -0.2) is 9.97 Å². The van der Waals surface area contributed by atoms with Crippen molar-refractivity contribution in [2.45, 2.75) is 13.8 Å². The molecule has 124 valence electrons. The Morgan fingerprint density at radius 1 is 0.800 bits per heavy atom. The van der Waals surface area contributed by atoms with Crippen molar-refractivity contribution in [3.05, 3.63) is 72.1 Å². The number of rotatable bonds is 3. The highest BCUT2D eigenvalue weighted by molar-refractivity contribution is 5.81. The van der Waals surface area contributed by atoms with Crippen LogP contribution in [0.4, 0.5) is 0 Å². The van der Waals surface area contributed by atoms with Gasteiger partial charge in [0.2, 0.25) is 5.78 Å². The lowest BCUT2D eigenvalue weighted by Crippen LogP contribution is -1.93. The van der Waals surface area contributed by atoms with E-state index in [9.17, 15) is 0 Å². The smallest absolute Gasteiger partial charge is 0.235 e. The molecule has 4 heteroatoms. The fourth-order valence-corrected chi connectivity index (χ4v) is 2.96. The van der Waals surface area contributed by atoms with Crippen molar-refractivity contribution in [3.63, 3.8) is 0 Å². The molecule has 2 heterocycles. The first-order valence-electron chi connectivity index (χ1n) is 8.23. The third-order valence-electron chi connectivity index (χ3n) is 4.32. The summed E-state index contributed by atoms with van der Waals surface area (Å²) >= 11 is 0. The number of aryl methyl sites for hydroxylation is 2. The molecule has 0 bridgehead atoms. The molecular weight excluding hydrogens is 310 g/mol. The zero-order valence-corrected chi connectivity index (χ0v) is 14.5. The summed E-state index contributed by atoms with van der Waals surface area (Å²) in [7, 11) is 1.67. The van der Waals surface area contributed by atoms with Crippen LogP contribution in [0.2, 0.25) is 0 Å². The summed E-state index contributed by atoms with van der Waals surface area (Å²) in [6, 6.07) is 18.5. The van der Waals surface area contributed by atoms with E-state index >= 15 is 0 Å². The maximum atomic E-state index is 5.27. The number of fused-ring (bicyclic) bond motifs is 1. The molecule has 0 amide bonds. The van der Waals surface area contributed by atoms with Gasteiger partial charge in [-0.05, 0) is 44.2 Å². The molecule has 0 aliphatic heterocycles. The number of hydrogen-bond donors (Lipinski definition) is 0. The SMILES string of the molecule is COc1ccc(-c2nc3nc(C)ccn3c2-c2ccc(C)cc2)cc1. The summed E-state index contributed by atoms with van der Waals surface area (Å²) in [6.45, 7) is 4.07. The molecule has 4 nitrogen and oxygen atoms in total. The van der Waals surface area contributed by atoms with Crippen molar-refractivity contribution in [2.24, 2.45) is 0 Å². The third kappa shape index (κ3) is 2.76. The molecule has 0 fully saturated rings.